The Morgan fingerprint density at radius 3 is 2.47 bits per heavy atom. The molecule has 1 aromatic carbocycles. The lowest BCUT2D eigenvalue weighted by Crippen LogP contribution is -2.34. The van der Waals surface area contributed by atoms with Crippen LogP contribution in [0, 0.1) is 5.92 Å². The van der Waals surface area contributed by atoms with E-state index in [0.29, 0.717) is 23.1 Å². The molecule has 0 aliphatic heterocycles. The van der Waals surface area contributed by atoms with E-state index < -0.39 is 10.0 Å². The first-order valence-electron chi connectivity index (χ1n) is 6.22. The molecule has 1 rings (SSSR count). The van der Waals surface area contributed by atoms with E-state index in [1.54, 1.807) is 12.1 Å². The molecule has 4 nitrogen and oxygen atoms in total. The van der Waals surface area contributed by atoms with Gasteiger partial charge < -0.3 is 5.11 Å². The van der Waals surface area contributed by atoms with Crippen LogP contribution < -0.4 is 0 Å². The number of aliphatic hydroxyl groups is 1. The number of aliphatic hydroxyl groups excluding tert-OH is 1. The van der Waals surface area contributed by atoms with Gasteiger partial charge in [-0.05, 0) is 39.5 Å². The second-order valence-electron chi connectivity index (χ2n) is 4.77. The van der Waals surface area contributed by atoms with Crippen LogP contribution >= 0.6 is 15.9 Å². The SMILES string of the molecule is CCN(CC(C)C)S(=O)(=O)c1cc(CO)ccc1Br. The van der Waals surface area contributed by atoms with E-state index in [1.165, 1.54) is 10.4 Å². The van der Waals surface area contributed by atoms with Gasteiger partial charge in [-0.1, -0.05) is 26.8 Å². The monoisotopic (exact) mass is 349 g/mol. The number of sulfonamides is 1. The van der Waals surface area contributed by atoms with Crippen molar-refractivity contribution in [3.05, 3.63) is 28.2 Å². The molecule has 0 unspecified atom stereocenters. The molecule has 0 saturated heterocycles. The summed E-state index contributed by atoms with van der Waals surface area (Å²) in [4.78, 5) is 0.210. The predicted octanol–water partition coefficient (Wildman–Crippen LogP) is 2.61. The van der Waals surface area contributed by atoms with Gasteiger partial charge >= 0.3 is 0 Å². The van der Waals surface area contributed by atoms with Gasteiger partial charge in [0.15, 0.2) is 0 Å². The first kappa shape index (κ1) is 16.6. The fourth-order valence-electron chi connectivity index (χ4n) is 1.79. The smallest absolute Gasteiger partial charge is 0.244 e. The summed E-state index contributed by atoms with van der Waals surface area (Å²) in [5.74, 6) is 0.259. The van der Waals surface area contributed by atoms with Gasteiger partial charge in [0.1, 0.15) is 0 Å². The highest BCUT2D eigenvalue weighted by atomic mass is 79.9. The van der Waals surface area contributed by atoms with Gasteiger partial charge in [0.05, 0.1) is 11.5 Å². The number of benzene rings is 1. The maximum atomic E-state index is 12.6. The Bertz CT molecular complexity index is 529. The molecule has 1 aromatic rings. The van der Waals surface area contributed by atoms with Crippen LogP contribution in [0.2, 0.25) is 0 Å². The molecule has 108 valence electrons. The van der Waals surface area contributed by atoms with Crippen molar-refractivity contribution in [2.45, 2.75) is 32.3 Å². The molecule has 0 fully saturated rings. The molecule has 0 aromatic heterocycles. The highest BCUT2D eigenvalue weighted by molar-refractivity contribution is 9.10. The maximum absolute atomic E-state index is 12.6. The zero-order chi connectivity index (χ0) is 14.6. The van der Waals surface area contributed by atoms with Crippen LogP contribution in [0.25, 0.3) is 0 Å². The third kappa shape index (κ3) is 4.02. The van der Waals surface area contributed by atoms with Gasteiger partial charge in [-0.15, -0.1) is 0 Å². The summed E-state index contributed by atoms with van der Waals surface area (Å²) in [5, 5.41) is 9.14. The first-order chi connectivity index (χ1) is 8.82. The molecule has 0 radical (unpaired) electrons. The standard InChI is InChI=1S/C13H20BrNO3S/c1-4-15(8-10(2)3)19(17,18)13-7-11(9-16)5-6-12(13)14/h5-7,10,16H,4,8-9H2,1-3H3. The van der Waals surface area contributed by atoms with E-state index in [4.69, 9.17) is 5.11 Å². The normalized spacial score (nSPS) is 12.4. The number of hydrogen-bond acceptors (Lipinski definition) is 3. The Labute approximate surface area is 123 Å². The van der Waals surface area contributed by atoms with Gasteiger partial charge in [0.2, 0.25) is 10.0 Å². The lowest BCUT2D eigenvalue weighted by atomic mass is 10.2. The molecule has 0 bridgehead atoms. The number of rotatable bonds is 6. The Balaban J connectivity index is 3.24. The Kier molecular flexibility index (Phi) is 5.98. The summed E-state index contributed by atoms with van der Waals surface area (Å²) in [5.41, 5.74) is 0.586. The van der Waals surface area contributed by atoms with Crippen LogP contribution in [0.3, 0.4) is 0 Å². The molecule has 0 spiro atoms. The van der Waals surface area contributed by atoms with Crippen molar-refractivity contribution in [3.63, 3.8) is 0 Å². The topological polar surface area (TPSA) is 57.6 Å². The van der Waals surface area contributed by atoms with Crippen molar-refractivity contribution in [2.24, 2.45) is 5.92 Å². The van der Waals surface area contributed by atoms with Gasteiger partial charge in [-0.2, -0.15) is 4.31 Å². The summed E-state index contributed by atoms with van der Waals surface area (Å²) >= 11 is 3.27. The van der Waals surface area contributed by atoms with Crippen molar-refractivity contribution in [1.82, 2.24) is 4.31 Å². The average Bonchev–Trinajstić information content (AvgIpc) is 2.35. The Morgan fingerprint density at radius 1 is 1.37 bits per heavy atom. The summed E-state index contributed by atoms with van der Waals surface area (Å²) in [6.07, 6.45) is 0. The van der Waals surface area contributed by atoms with Crippen molar-refractivity contribution in [3.8, 4) is 0 Å². The van der Waals surface area contributed by atoms with Crippen LogP contribution in [0.4, 0.5) is 0 Å². The quantitative estimate of drug-likeness (QED) is 0.858. The summed E-state index contributed by atoms with van der Waals surface area (Å²) in [6, 6.07) is 4.87. The van der Waals surface area contributed by atoms with Crippen LogP contribution in [0.1, 0.15) is 26.3 Å². The van der Waals surface area contributed by atoms with E-state index in [-0.39, 0.29) is 17.4 Å². The van der Waals surface area contributed by atoms with E-state index in [1.807, 2.05) is 20.8 Å². The Morgan fingerprint density at radius 2 is 2.00 bits per heavy atom. The molecule has 0 atom stereocenters. The minimum atomic E-state index is -3.53. The maximum Gasteiger partial charge on any atom is 0.244 e. The number of nitrogens with zero attached hydrogens (tertiary/aromatic N) is 1. The van der Waals surface area contributed by atoms with Crippen LogP contribution in [0.15, 0.2) is 27.6 Å². The number of hydrogen-bond donors (Lipinski definition) is 1. The fourth-order valence-corrected chi connectivity index (χ4v) is 4.37. The molecule has 0 aliphatic carbocycles. The third-order valence-electron chi connectivity index (χ3n) is 2.72. The van der Waals surface area contributed by atoms with E-state index in [2.05, 4.69) is 15.9 Å². The largest absolute Gasteiger partial charge is 0.392 e. The number of halogens is 1. The minimum absolute atomic E-state index is 0.174. The molecule has 6 heteroatoms. The summed E-state index contributed by atoms with van der Waals surface area (Å²) in [7, 11) is -3.53. The molecule has 1 N–H and O–H groups in total. The van der Waals surface area contributed by atoms with E-state index >= 15 is 0 Å². The predicted molar refractivity (Wildman–Crippen MR) is 79.3 cm³/mol. The van der Waals surface area contributed by atoms with Crippen LogP contribution in [0.5, 0.6) is 0 Å². The molecular weight excluding hydrogens is 330 g/mol. The highest BCUT2D eigenvalue weighted by Crippen LogP contribution is 2.26. The molecule has 0 aliphatic rings. The van der Waals surface area contributed by atoms with Gasteiger partial charge in [0, 0.05) is 17.6 Å². The molecule has 0 amide bonds. The second kappa shape index (κ2) is 6.83. The lowest BCUT2D eigenvalue weighted by Gasteiger charge is -2.23. The van der Waals surface area contributed by atoms with Crippen molar-refractivity contribution >= 4 is 26.0 Å². The molecule has 0 saturated carbocycles. The van der Waals surface area contributed by atoms with Gasteiger partial charge in [0.25, 0.3) is 0 Å². The van der Waals surface area contributed by atoms with Crippen LogP contribution in [-0.2, 0) is 16.6 Å². The van der Waals surface area contributed by atoms with Crippen molar-refractivity contribution < 1.29 is 13.5 Å². The third-order valence-corrected chi connectivity index (χ3v) is 5.65. The van der Waals surface area contributed by atoms with Gasteiger partial charge in [-0.25, -0.2) is 8.42 Å². The van der Waals surface area contributed by atoms with Gasteiger partial charge in [-0.3, -0.25) is 0 Å². The van der Waals surface area contributed by atoms with E-state index in [9.17, 15) is 8.42 Å². The summed E-state index contributed by atoms with van der Waals surface area (Å²) < 4.78 is 27.2. The van der Waals surface area contributed by atoms with E-state index in [0.717, 1.165) is 0 Å². The second-order valence-corrected chi connectivity index (χ2v) is 7.53. The molecule has 19 heavy (non-hydrogen) atoms. The zero-order valence-electron chi connectivity index (χ0n) is 11.4. The minimum Gasteiger partial charge on any atom is -0.392 e. The highest BCUT2D eigenvalue weighted by Gasteiger charge is 2.26. The fraction of sp³-hybridized carbons (Fsp3) is 0.538. The summed E-state index contributed by atoms with van der Waals surface area (Å²) in [6.45, 7) is 6.52. The average molecular weight is 350 g/mol. The molecule has 0 heterocycles. The van der Waals surface area contributed by atoms with Crippen molar-refractivity contribution in [2.75, 3.05) is 13.1 Å². The molecular formula is C13H20BrNO3S. The van der Waals surface area contributed by atoms with Crippen LogP contribution in [-0.4, -0.2) is 30.9 Å². The lowest BCUT2D eigenvalue weighted by molar-refractivity contribution is 0.281. The zero-order valence-corrected chi connectivity index (χ0v) is 13.8. The van der Waals surface area contributed by atoms with Crippen molar-refractivity contribution in [1.29, 1.82) is 0 Å². The Hall–Kier alpha value is -0.430. The first-order valence-corrected chi connectivity index (χ1v) is 8.45.